The Morgan fingerprint density at radius 1 is 1.37 bits per heavy atom. The number of nitrogens with two attached hydrogens (primary N) is 1. The van der Waals surface area contributed by atoms with Crippen molar-refractivity contribution in [1.29, 1.82) is 0 Å². The summed E-state index contributed by atoms with van der Waals surface area (Å²) in [6, 6.07) is 7.64. The molecule has 0 fully saturated rings. The van der Waals surface area contributed by atoms with Crippen LogP contribution in [0.25, 0.3) is 16.3 Å². The zero-order valence-electron chi connectivity index (χ0n) is 10.4. The van der Waals surface area contributed by atoms with Crippen molar-refractivity contribution in [2.75, 3.05) is 0 Å². The first-order chi connectivity index (χ1) is 9.13. The molecular weight excluding hydrogens is 280 g/mol. The molecule has 0 saturated carbocycles. The maximum atomic E-state index is 5.88. The van der Waals surface area contributed by atoms with Crippen LogP contribution in [-0.4, -0.2) is 20.6 Å². The van der Waals surface area contributed by atoms with Crippen LogP contribution >= 0.6 is 22.9 Å². The second-order valence-electron chi connectivity index (χ2n) is 4.55. The Bertz CT molecular complexity index is 699. The SMILES string of the molecule is CC(N)Cc1csc2nc(-c3ccc(Cl)cc3)nn12. The van der Waals surface area contributed by atoms with E-state index in [0.717, 1.165) is 28.5 Å². The number of rotatable bonds is 3. The summed E-state index contributed by atoms with van der Waals surface area (Å²) in [5, 5.41) is 7.31. The van der Waals surface area contributed by atoms with Crippen LogP contribution in [0, 0.1) is 0 Å². The van der Waals surface area contributed by atoms with Crippen LogP contribution in [0.1, 0.15) is 12.6 Å². The molecule has 98 valence electrons. The highest BCUT2D eigenvalue weighted by Gasteiger charge is 2.12. The lowest BCUT2D eigenvalue weighted by Gasteiger charge is -2.01. The topological polar surface area (TPSA) is 56.2 Å². The Balaban J connectivity index is 2.02. The van der Waals surface area contributed by atoms with E-state index < -0.39 is 0 Å². The highest BCUT2D eigenvalue weighted by molar-refractivity contribution is 7.15. The lowest BCUT2D eigenvalue weighted by molar-refractivity contribution is 0.703. The van der Waals surface area contributed by atoms with E-state index in [4.69, 9.17) is 17.3 Å². The van der Waals surface area contributed by atoms with Crippen molar-refractivity contribution in [3.8, 4) is 11.4 Å². The van der Waals surface area contributed by atoms with Crippen molar-refractivity contribution < 1.29 is 0 Å². The van der Waals surface area contributed by atoms with Gasteiger partial charge in [-0.2, -0.15) is 4.98 Å². The van der Waals surface area contributed by atoms with Gasteiger partial charge in [0.2, 0.25) is 4.96 Å². The Hall–Kier alpha value is -1.43. The fourth-order valence-corrected chi connectivity index (χ4v) is 2.88. The molecule has 6 heteroatoms. The smallest absolute Gasteiger partial charge is 0.212 e. The third-order valence-electron chi connectivity index (χ3n) is 2.78. The van der Waals surface area contributed by atoms with Crippen molar-refractivity contribution in [3.05, 3.63) is 40.4 Å². The predicted molar refractivity (Wildman–Crippen MR) is 78.7 cm³/mol. The Morgan fingerprint density at radius 2 is 2.11 bits per heavy atom. The van der Waals surface area contributed by atoms with Crippen molar-refractivity contribution in [2.24, 2.45) is 5.73 Å². The van der Waals surface area contributed by atoms with Gasteiger partial charge in [-0.3, -0.25) is 0 Å². The quantitative estimate of drug-likeness (QED) is 0.807. The van der Waals surface area contributed by atoms with Gasteiger partial charge in [-0.15, -0.1) is 16.4 Å². The molecule has 3 rings (SSSR count). The second-order valence-corrected chi connectivity index (χ2v) is 5.82. The molecule has 0 aliphatic carbocycles. The van der Waals surface area contributed by atoms with E-state index in [-0.39, 0.29) is 6.04 Å². The van der Waals surface area contributed by atoms with Crippen LogP contribution in [0.4, 0.5) is 0 Å². The third-order valence-corrected chi connectivity index (χ3v) is 3.90. The zero-order valence-corrected chi connectivity index (χ0v) is 11.9. The lowest BCUT2D eigenvalue weighted by Crippen LogP contribution is -2.18. The molecule has 19 heavy (non-hydrogen) atoms. The molecule has 4 nitrogen and oxygen atoms in total. The highest BCUT2D eigenvalue weighted by Crippen LogP contribution is 2.22. The number of hydrogen-bond donors (Lipinski definition) is 1. The molecule has 2 heterocycles. The standard InChI is InChI=1S/C13H13ClN4S/c1-8(15)6-11-7-19-13-16-12(17-18(11)13)9-2-4-10(14)5-3-9/h2-5,7-8H,6,15H2,1H3. The van der Waals surface area contributed by atoms with E-state index in [0.29, 0.717) is 5.02 Å². The summed E-state index contributed by atoms with van der Waals surface area (Å²) < 4.78 is 1.87. The van der Waals surface area contributed by atoms with Crippen molar-refractivity contribution in [3.63, 3.8) is 0 Å². The maximum absolute atomic E-state index is 5.88. The first kappa shape index (κ1) is 12.6. The van der Waals surface area contributed by atoms with E-state index in [9.17, 15) is 0 Å². The van der Waals surface area contributed by atoms with Gasteiger partial charge in [0.25, 0.3) is 0 Å². The molecule has 1 aromatic carbocycles. The van der Waals surface area contributed by atoms with Crippen LogP contribution in [-0.2, 0) is 6.42 Å². The number of fused-ring (bicyclic) bond motifs is 1. The highest BCUT2D eigenvalue weighted by atomic mass is 35.5. The summed E-state index contributed by atoms with van der Waals surface area (Å²) in [7, 11) is 0. The average Bonchev–Trinajstić information content (AvgIpc) is 2.92. The number of hydrogen-bond acceptors (Lipinski definition) is 4. The fraction of sp³-hybridized carbons (Fsp3) is 0.231. The van der Waals surface area contributed by atoms with E-state index in [1.807, 2.05) is 35.7 Å². The van der Waals surface area contributed by atoms with Crippen LogP contribution in [0.5, 0.6) is 0 Å². The maximum Gasteiger partial charge on any atom is 0.212 e. The minimum Gasteiger partial charge on any atom is -0.328 e. The summed E-state index contributed by atoms with van der Waals surface area (Å²) in [4.78, 5) is 5.42. The number of halogens is 1. The summed E-state index contributed by atoms with van der Waals surface area (Å²) in [5.41, 5.74) is 7.90. The lowest BCUT2D eigenvalue weighted by atomic mass is 10.2. The van der Waals surface area contributed by atoms with Crippen molar-refractivity contribution in [2.45, 2.75) is 19.4 Å². The van der Waals surface area contributed by atoms with Crippen molar-refractivity contribution in [1.82, 2.24) is 14.6 Å². The summed E-state index contributed by atoms with van der Waals surface area (Å²) >= 11 is 7.46. The minimum absolute atomic E-state index is 0.112. The molecule has 2 N–H and O–H groups in total. The molecule has 1 unspecified atom stereocenters. The molecule has 0 radical (unpaired) electrons. The molecule has 0 saturated heterocycles. The first-order valence-electron chi connectivity index (χ1n) is 5.98. The van der Waals surface area contributed by atoms with Crippen molar-refractivity contribution >= 4 is 27.9 Å². The molecule has 0 amide bonds. The van der Waals surface area contributed by atoms with Crippen LogP contribution in [0.3, 0.4) is 0 Å². The van der Waals surface area contributed by atoms with Crippen LogP contribution < -0.4 is 5.73 Å². The fourth-order valence-electron chi connectivity index (χ4n) is 1.92. The Labute approximate surface area is 119 Å². The van der Waals surface area contributed by atoms with Crippen LogP contribution in [0.2, 0.25) is 5.02 Å². The normalized spacial score (nSPS) is 13.0. The summed E-state index contributed by atoms with van der Waals surface area (Å²) in [5.74, 6) is 0.717. The third kappa shape index (κ3) is 2.49. The Morgan fingerprint density at radius 3 is 2.79 bits per heavy atom. The first-order valence-corrected chi connectivity index (χ1v) is 7.24. The van der Waals surface area contributed by atoms with Gasteiger partial charge in [-0.25, -0.2) is 4.52 Å². The average molecular weight is 293 g/mol. The molecule has 0 bridgehead atoms. The van der Waals surface area contributed by atoms with Gasteiger partial charge < -0.3 is 5.73 Å². The van der Waals surface area contributed by atoms with Gasteiger partial charge in [0.15, 0.2) is 5.82 Å². The van der Waals surface area contributed by atoms with Gasteiger partial charge in [0, 0.05) is 28.4 Å². The van der Waals surface area contributed by atoms with Crippen LogP contribution in [0.15, 0.2) is 29.6 Å². The molecule has 0 spiro atoms. The van der Waals surface area contributed by atoms with E-state index in [1.165, 1.54) is 0 Å². The number of aromatic nitrogens is 3. The second kappa shape index (κ2) is 4.92. The van der Waals surface area contributed by atoms with Gasteiger partial charge >= 0.3 is 0 Å². The predicted octanol–water partition coefficient (Wildman–Crippen LogP) is 3.00. The Kier molecular flexibility index (Phi) is 3.26. The van der Waals surface area contributed by atoms with E-state index in [1.54, 1.807) is 11.3 Å². The van der Waals surface area contributed by atoms with Gasteiger partial charge in [0.1, 0.15) is 0 Å². The monoisotopic (exact) mass is 292 g/mol. The number of thiazole rings is 1. The largest absolute Gasteiger partial charge is 0.328 e. The van der Waals surface area contributed by atoms with E-state index >= 15 is 0 Å². The number of benzene rings is 1. The molecule has 3 aromatic rings. The molecule has 0 aliphatic rings. The molecule has 2 aromatic heterocycles. The van der Waals surface area contributed by atoms with Gasteiger partial charge in [-0.05, 0) is 31.2 Å². The van der Waals surface area contributed by atoms with E-state index in [2.05, 4.69) is 15.5 Å². The molecule has 1 atom stereocenters. The molecule has 0 aliphatic heterocycles. The van der Waals surface area contributed by atoms with Gasteiger partial charge in [-0.1, -0.05) is 11.6 Å². The molecular formula is C13H13ClN4S. The summed E-state index contributed by atoms with van der Waals surface area (Å²) in [6.07, 6.45) is 0.795. The minimum atomic E-state index is 0.112. The zero-order chi connectivity index (χ0) is 13.4. The summed E-state index contributed by atoms with van der Waals surface area (Å²) in [6.45, 7) is 1.99. The number of nitrogens with zero attached hydrogens (tertiary/aromatic N) is 3. The van der Waals surface area contributed by atoms with Gasteiger partial charge in [0.05, 0.1) is 5.69 Å².